The zero-order valence-electron chi connectivity index (χ0n) is 17.5. The van der Waals surface area contributed by atoms with E-state index in [2.05, 4.69) is 49.1 Å². The van der Waals surface area contributed by atoms with Crippen LogP contribution in [0.25, 0.3) is 0 Å². The van der Waals surface area contributed by atoms with Crippen LogP contribution in [0.5, 0.6) is 0 Å². The predicted molar refractivity (Wildman–Crippen MR) is 122 cm³/mol. The number of ketones is 1. The molecule has 2 rings (SSSR count). The van der Waals surface area contributed by atoms with Gasteiger partial charge in [-0.2, -0.15) is 0 Å². The molecule has 0 saturated carbocycles. The van der Waals surface area contributed by atoms with E-state index in [-0.39, 0.29) is 5.78 Å². The monoisotopic (exact) mass is 398 g/mol. The molecule has 0 aliphatic rings. The number of anilines is 1. The molecule has 0 fully saturated rings. The lowest BCUT2D eigenvalue weighted by molar-refractivity contribution is 0.0988. The first kappa shape index (κ1) is 22.5. The van der Waals surface area contributed by atoms with Crippen molar-refractivity contribution in [2.45, 2.75) is 64.2 Å². The summed E-state index contributed by atoms with van der Waals surface area (Å²) in [5.41, 5.74) is 4.45. The first-order valence-corrected chi connectivity index (χ1v) is 11.4. The van der Waals surface area contributed by atoms with Crippen LogP contribution in [0, 0.1) is 0 Å². The fourth-order valence-corrected chi connectivity index (χ4v) is 3.93. The Kier molecular flexibility index (Phi) is 9.59. The molecule has 4 heteroatoms. The van der Waals surface area contributed by atoms with Crippen LogP contribution in [0.15, 0.2) is 47.4 Å². The molecule has 2 aromatic carbocycles. The molecule has 0 bridgehead atoms. The average Bonchev–Trinajstić information content (AvgIpc) is 2.74. The number of carbonyl (C=O) groups excluding carboxylic acids is 1. The van der Waals surface area contributed by atoms with Crippen LogP contribution < -0.4 is 10.0 Å². The number of benzene rings is 2. The molecule has 2 N–H and O–H groups in total. The van der Waals surface area contributed by atoms with Gasteiger partial charge in [0.25, 0.3) is 0 Å². The fourth-order valence-electron chi connectivity index (χ4n) is 3.41. The summed E-state index contributed by atoms with van der Waals surface area (Å²) in [6.45, 7) is 8.39. The fraction of sp³-hybridized carbons (Fsp3) is 0.458. The second kappa shape index (κ2) is 11.9. The quantitative estimate of drug-likeness (QED) is 0.339. The summed E-state index contributed by atoms with van der Waals surface area (Å²) in [7, 11) is 0. The number of hydrogen-bond acceptors (Lipinski definition) is 4. The molecule has 28 heavy (non-hydrogen) atoms. The highest BCUT2D eigenvalue weighted by atomic mass is 32.2. The molecule has 0 radical (unpaired) electrons. The van der Waals surface area contributed by atoms with Gasteiger partial charge in [-0.05, 0) is 48.0 Å². The van der Waals surface area contributed by atoms with Crippen LogP contribution in [-0.4, -0.2) is 18.9 Å². The molecular weight excluding hydrogens is 364 g/mol. The summed E-state index contributed by atoms with van der Waals surface area (Å²) >= 11 is 1.26. The van der Waals surface area contributed by atoms with Crippen molar-refractivity contribution in [1.29, 1.82) is 0 Å². The van der Waals surface area contributed by atoms with E-state index in [4.69, 9.17) is 5.14 Å². The Hall–Kier alpha value is -1.78. The minimum Gasteiger partial charge on any atom is -0.371 e. The molecule has 3 nitrogen and oxygen atoms in total. The van der Waals surface area contributed by atoms with Crippen LogP contribution in [0.2, 0.25) is 0 Å². The van der Waals surface area contributed by atoms with E-state index >= 15 is 0 Å². The van der Waals surface area contributed by atoms with Crippen LogP contribution in [0.1, 0.15) is 74.4 Å². The Labute approximate surface area is 174 Å². The smallest absolute Gasteiger partial charge is 0.162 e. The molecule has 0 heterocycles. The minimum absolute atomic E-state index is 0.175. The third kappa shape index (κ3) is 6.11. The molecule has 2 aromatic rings. The number of nitrogens with two attached hydrogens (primary N) is 1. The lowest BCUT2D eigenvalue weighted by Gasteiger charge is -2.29. The Morgan fingerprint density at radius 1 is 1.00 bits per heavy atom. The average molecular weight is 399 g/mol. The predicted octanol–water partition coefficient (Wildman–Crippen LogP) is 6.24. The maximum absolute atomic E-state index is 12.5. The Bertz CT molecular complexity index is 738. The van der Waals surface area contributed by atoms with Gasteiger partial charge in [-0.15, -0.1) is 0 Å². The summed E-state index contributed by atoms with van der Waals surface area (Å²) in [6.07, 6.45) is 5.93. The van der Waals surface area contributed by atoms with Gasteiger partial charge in [-0.25, -0.2) is 0 Å². The highest BCUT2D eigenvalue weighted by molar-refractivity contribution is 7.97. The van der Waals surface area contributed by atoms with Crippen molar-refractivity contribution in [1.82, 2.24) is 0 Å². The van der Waals surface area contributed by atoms with E-state index < -0.39 is 0 Å². The van der Waals surface area contributed by atoms with Crippen molar-refractivity contribution in [2.75, 3.05) is 18.0 Å². The minimum atomic E-state index is 0.175. The van der Waals surface area contributed by atoms with Gasteiger partial charge in [-0.1, -0.05) is 63.9 Å². The first-order valence-electron chi connectivity index (χ1n) is 10.5. The number of rotatable bonds is 12. The molecule has 0 aromatic heterocycles. The van der Waals surface area contributed by atoms with Crippen molar-refractivity contribution < 1.29 is 4.79 Å². The number of Topliss-reactive ketones (excluding diaryl/α,β-unsaturated/α-hetero) is 1. The number of nitrogens with zero attached hydrogens (tertiary/aromatic N) is 1. The van der Waals surface area contributed by atoms with Crippen LogP contribution in [0.3, 0.4) is 0 Å². The van der Waals surface area contributed by atoms with Gasteiger partial charge >= 0.3 is 0 Å². The van der Waals surface area contributed by atoms with E-state index in [1.807, 2.05) is 19.1 Å². The van der Waals surface area contributed by atoms with Crippen LogP contribution >= 0.6 is 11.9 Å². The van der Waals surface area contributed by atoms with E-state index in [1.54, 1.807) is 0 Å². The second-order valence-corrected chi connectivity index (χ2v) is 7.90. The zero-order valence-corrected chi connectivity index (χ0v) is 18.4. The summed E-state index contributed by atoms with van der Waals surface area (Å²) in [4.78, 5) is 16.0. The van der Waals surface area contributed by atoms with Gasteiger partial charge in [-0.3, -0.25) is 9.93 Å². The van der Waals surface area contributed by atoms with Crippen molar-refractivity contribution in [3.05, 3.63) is 59.2 Å². The van der Waals surface area contributed by atoms with Crippen LogP contribution in [0.4, 0.5) is 5.69 Å². The molecule has 0 saturated heterocycles. The van der Waals surface area contributed by atoms with E-state index in [9.17, 15) is 4.79 Å². The second-order valence-electron chi connectivity index (χ2n) is 7.22. The molecule has 152 valence electrons. The van der Waals surface area contributed by atoms with Gasteiger partial charge < -0.3 is 4.90 Å². The van der Waals surface area contributed by atoms with Crippen molar-refractivity contribution >= 4 is 23.4 Å². The zero-order chi connectivity index (χ0) is 20.4. The molecule has 0 amide bonds. The van der Waals surface area contributed by atoms with E-state index in [0.29, 0.717) is 6.42 Å². The molecule has 0 aliphatic carbocycles. The highest BCUT2D eigenvalue weighted by Gasteiger charge is 2.19. The lowest BCUT2D eigenvalue weighted by Crippen LogP contribution is -2.27. The standard InChI is InChI=1S/C24H34N2OS/c1-4-7-14-26(15-8-5-2)22-17-20(23(27)6-3)18-24(28-25)21(22)16-19-12-10-9-11-13-19/h9-13,17-18H,4-8,14-16,25H2,1-3H3. The Balaban J connectivity index is 2.56. The number of hydrogen-bond donors (Lipinski definition) is 1. The van der Waals surface area contributed by atoms with Crippen molar-refractivity contribution in [3.63, 3.8) is 0 Å². The molecule has 0 atom stereocenters. The van der Waals surface area contributed by atoms with Gasteiger partial charge in [0.2, 0.25) is 0 Å². The third-order valence-electron chi connectivity index (χ3n) is 5.08. The SMILES string of the molecule is CCCCN(CCCC)c1cc(C(=O)CC)cc(SN)c1Cc1ccccc1. The van der Waals surface area contributed by atoms with Gasteiger partial charge in [0.15, 0.2) is 5.78 Å². The number of unbranched alkanes of at least 4 members (excludes halogenated alkanes) is 2. The molecule has 0 aliphatic heterocycles. The molecule has 0 spiro atoms. The van der Waals surface area contributed by atoms with Gasteiger partial charge in [0.1, 0.15) is 0 Å². The summed E-state index contributed by atoms with van der Waals surface area (Å²) in [5, 5.41) is 6.07. The highest BCUT2D eigenvalue weighted by Crippen LogP contribution is 2.34. The van der Waals surface area contributed by atoms with E-state index in [1.165, 1.54) is 28.8 Å². The largest absolute Gasteiger partial charge is 0.371 e. The Morgan fingerprint density at radius 3 is 2.18 bits per heavy atom. The van der Waals surface area contributed by atoms with E-state index in [0.717, 1.165) is 55.7 Å². The normalized spacial score (nSPS) is 10.9. The van der Waals surface area contributed by atoms with Crippen LogP contribution in [-0.2, 0) is 6.42 Å². The molecule has 0 unspecified atom stereocenters. The summed E-state index contributed by atoms with van der Waals surface area (Å²) < 4.78 is 0. The van der Waals surface area contributed by atoms with Gasteiger partial charge in [0, 0.05) is 42.1 Å². The maximum atomic E-state index is 12.5. The summed E-state index contributed by atoms with van der Waals surface area (Å²) in [5.74, 6) is 0.175. The first-order chi connectivity index (χ1) is 13.6. The van der Waals surface area contributed by atoms with Crippen molar-refractivity contribution in [2.24, 2.45) is 5.14 Å². The summed E-state index contributed by atoms with van der Waals surface area (Å²) in [6, 6.07) is 14.6. The van der Waals surface area contributed by atoms with Crippen molar-refractivity contribution in [3.8, 4) is 0 Å². The Morgan fingerprint density at radius 2 is 1.64 bits per heavy atom. The topological polar surface area (TPSA) is 46.3 Å². The van der Waals surface area contributed by atoms with Gasteiger partial charge in [0.05, 0.1) is 0 Å². The molecular formula is C24H34N2OS. The lowest BCUT2D eigenvalue weighted by atomic mass is 9.98. The number of carbonyl (C=O) groups is 1. The third-order valence-corrected chi connectivity index (χ3v) is 5.70. The maximum Gasteiger partial charge on any atom is 0.162 e.